The normalized spacial score (nSPS) is 9.78. The van der Waals surface area contributed by atoms with Crippen molar-refractivity contribution in [2.24, 2.45) is 0 Å². The van der Waals surface area contributed by atoms with Crippen LogP contribution in [-0.2, 0) is 11.3 Å². The SMILES string of the molecule is C=CCN(CC=C)C(=O)c1cccn1CC(=O)O. The molecule has 0 aliphatic carbocycles. The van der Waals surface area contributed by atoms with Crippen molar-refractivity contribution in [2.45, 2.75) is 6.54 Å². The van der Waals surface area contributed by atoms with Crippen molar-refractivity contribution in [3.8, 4) is 0 Å². The van der Waals surface area contributed by atoms with Gasteiger partial charge in [0.05, 0.1) is 0 Å². The molecule has 0 aromatic carbocycles. The molecule has 0 atom stereocenters. The van der Waals surface area contributed by atoms with E-state index < -0.39 is 5.97 Å². The Kier molecular flexibility index (Phi) is 4.92. The highest BCUT2D eigenvalue weighted by Crippen LogP contribution is 2.07. The maximum atomic E-state index is 12.2. The number of carbonyl (C=O) groups is 2. The average Bonchev–Trinajstić information content (AvgIpc) is 2.75. The Morgan fingerprint density at radius 2 is 1.94 bits per heavy atom. The summed E-state index contributed by atoms with van der Waals surface area (Å²) in [5, 5.41) is 8.76. The molecule has 0 spiro atoms. The maximum Gasteiger partial charge on any atom is 0.323 e. The van der Waals surface area contributed by atoms with Gasteiger partial charge in [-0.15, -0.1) is 13.2 Å². The summed E-state index contributed by atoms with van der Waals surface area (Å²) >= 11 is 0. The third-order valence-electron chi connectivity index (χ3n) is 2.34. The van der Waals surface area contributed by atoms with Crippen LogP contribution in [0.1, 0.15) is 10.5 Å². The molecule has 96 valence electrons. The molecule has 1 amide bonds. The number of carbonyl (C=O) groups excluding carboxylic acids is 1. The predicted molar refractivity (Wildman–Crippen MR) is 68.4 cm³/mol. The molecule has 1 aromatic heterocycles. The second-order valence-electron chi connectivity index (χ2n) is 3.70. The summed E-state index contributed by atoms with van der Waals surface area (Å²) < 4.78 is 1.41. The standard InChI is InChI=1S/C13H16N2O3/c1-3-7-14(8-4-2)13(18)11-6-5-9-15(11)10-12(16)17/h3-6,9H,1-2,7-8,10H2,(H,16,17). The lowest BCUT2D eigenvalue weighted by Gasteiger charge is -2.19. The number of hydrogen-bond acceptors (Lipinski definition) is 2. The van der Waals surface area contributed by atoms with Gasteiger partial charge in [-0.2, -0.15) is 0 Å². The van der Waals surface area contributed by atoms with Gasteiger partial charge in [-0.3, -0.25) is 9.59 Å². The maximum absolute atomic E-state index is 12.2. The van der Waals surface area contributed by atoms with Crippen LogP contribution in [-0.4, -0.2) is 39.5 Å². The van der Waals surface area contributed by atoms with Crippen LogP contribution < -0.4 is 0 Å². The molecule has 0 aliphatic heterocycles. The summed E-state index contributed by atoms with van der Waals surface area (Å²) in [6.45, 7) is 7.73. The number of aliphatic carboxylic acids is 1. The first-order valence-corrected chi connectivity index (χ1v) is 5.48. The highest BCUT2D eigenvalue weighted by molar-refractivity contribution is 5.93. The van der Waals surface area contributed by atoms with Crippen molar-refractivity contribution < 1.29 is 14.7 Å². The molecule has 5 nitrogen and oxygen atoms in total. The van der Waals surface area contributed by atoms with Crippen LogP contribution in [0.5, 0.6) is 0 Å². The second-order valence-corrected chi connectivity index (χ2v) is 3.70. The van der Waals surface area contributed by atoms with Gasteiger partial charge in [0.15, 0.2) is 0 Å². The first-order chi connectivity index (χ1) is 8.60. The van der Waals surface area contributed by atoms with Gasteiger partial charge in [0.1, 0.15) is 12.2 Å². The zero-order chi connectivity index (χ0) is 13.5. The van der Waals surface area contributed by atoms with E-state index in [-0.39, 0.29) is 12.5 Å². The molecule has 0 aliphatic rings. The van der Waals surface area contributed by atoms with E-state index in [1.54, 1.807) is 30.5 Å². The van der Waals surface area contributed by atoms with Gasteiger partial charge in [0, 0.05) is 19.3 Å². The predicted octanol–water partition coefficient (Wildman–Crippen LogP) is 1.39. The van der Waals surface area contributed by atoms with Crippen LogP contribution in [0.2, 0.25) is 0 Å². The summed E-state index contributed by atoms with van der Waals surface area (Å²) in [5.41, 5.74) is 0.348. The molecule has 1 aromatic rings. The topological polar surface area (TPSA) is 62.5 Å². The molecular weight excluding hydrogens is 232 g/mol. The van der Waals surface area contributed by atoms with Crippen LogP contribution in [0.3, 0.4) is 0 Å². The number of rotatable bonds is 7. The molecule has 18 heavy (non-hydrogen) atoms. The molecule has 0 fully saturated rings. The van der Waals surface area contributed by atoms with Gasteiger partial charge in [0.25, 0.3) is 5.91 Å². The third kappa shape index (κ3) is 3.35. The van der Waals surface area contributed by atoms with Crippen molar-refractivity contribution >= 4 is 11.9 Å². The van der Waals surface area contributed by atoms with Gasteiger partial charge >= 0.3 is 5.97 Å². The van der Waals surface area contributed by atoms with E-state index in [2.05, 4.69) is 13.2 Å². The van der Waals surface area contributed by atoms with Crippen molar-refractivity contribution in [1.82, 2.24) is 9.47 Å². The zero-order valence-electron chi connectivity index (χ0n) is 10.1. The van der Waals surface area contributed by atoms with Crippen molar-refractivity contribution in [3.05, 3.63) is 49.3 Å². The minimum atomic E-state index is -0.987. The summed E-state index contributed by atoms with van der Waals surface area (Å²) in [5.74, 6) is -1.22. The number of nitrogens with zero attached hydrogens (tertiary/aromatic N) is 2. The Hall–Kier alpha value is -2.30. The van der Waals surface area contributed by atoms with Crippen molar-refractivity contribution in [3.63, 3.8) is 0 Å². The highest BCUT2D eigenvalue weighted by Gasteiger charge is 2.17. The highest BCUT2D eigenvalue weighted by atomic mass is 16.4. The monoisotopic (exact) mass is 248 g/mol. The third-order valence-corrected chi connectivity index (χ3v) is 2.34. The largest absolute Gasteiger partial charge is 0.480 e. The number of amides is 1. The van der Waals surface area contributed by atoms with E-state index in [9.17, 15) is 9.59 Å². The van der Waals surface area contributed by atoms with E-state index in [1.807, 2.05) is 0 Å². The van der Waals surface area contributed by atoms with Crippen LogP contribution in [0, 0.1) is 0 Å². The van der Waals surface area contributed by atoms with Crippen LogP contribution >= 0.6 is 0 Å². The number of hydrogen-bond donors (Lipinski definition) is 1. The fourth-order valence-electron chi connectivity index (χ4n) is 1.61. The fourth-order valence-corrected chi connectivity index (χ4v) is 1.61. The lowest BCUT2D eigenvalue weighted by atomic mass is 10.3. The van der Waals surface area contributed by atoms with E-state index in [4.69, 9.17) is 5.11 Å². The van der Waals surface area contributed by atoms with Crippen molar-refractivity contribution in [1.29, 1.82) is 0 Å². The number of aromatic nitrogens is 1. The number of carboxylic acids is 1. The molecule has 1 heterocycles. The van der Waals surface area contributed by atoms with E-state index in [1.165, 1.54) is 9.47 Å². The molecule has 1 N–H and O–H groups in total. The second kappa shape index (κ2) is 6.44. The molecule has 1 rings (SSSR count). The molecule has 0 saturated carbocycles. The minimum Gasteiger partial charge on any atom is -0.480 e. The molecule has 0 radical (unpaired) electrons. The lowest BCUT2D eigenvalue weighted by molar-refractivity contribution is -0.137. The van der Waals surface area contributed by atoms with E-state index in [0.717, 1.165) is 0 Å². The van der Waals surface area contributed by atoms with Crippen LogP contribution in [0.25, 0.3) is 0 Å². The molecule has 5 heteroatoms. The zero-order valence-corrected chi connectivity index (χ0v) is 10.1. The summed E-state index contributed by atoms with van der Waals surface area (Å²) in [6.07, 6.45) is 4.80. The van der Waals surface area contributed by atoms with Gasteiger partial charge < -0.3 is 14.6 Å². The quantitative estimate of drug-likeness (QED) is 0.742. The van der Waals surface area contributed by atoms with Gasteiger partial charge in [-0.1, -0.05) is 12.2 Å². The van der Waals surface area contributed by atoms with Crippen LogP contribution in [0.4, 0.5) is 0 Å². The van der Waals surface area contributed by atoms with Gasteiger partial charge in [-0.05, 0) is 12.1 Å². The number of carboxylic acid groups (broad SMARTS) is 1. The molecular formula is C13H16N2O3. The Balaban J connectivity index is 2.93. The Labute approximate surface area is 106 Å². The Bertz CT molecular complexity index is 453. The van der Waals surface area contributed by atoms with Gasteiger partial charge in [0.2, 0.25) is 0 Å². The average molecular weight is 248 g/mol. The molecule has 0 bridgehead atoms. The Morgan fingerprint density at radius 3 is 2.44 bits per heavy atom. The van der Waals surface area contributed by atoms with Crippen molar-refractivity contribution in [2.75, 3.05) is 13.1 Å². The minimum absolute atomic E-state index is 0.232. The molecule has 0 unspecified atom stereocenters. The van der Waals surface area contributed by atoms with E-state index in [0.29, 0.717) is 18.8 Å². The summed E-state index contributed by atoms with van der Waals surface area (Å²) in [4.78, 5) is 24.4. The first-order valence-electron chi connectivity index (χ1n) is 5.48. The van der Waals surface area contributed by atoms with Crippen LogP contribution in [0.15, 0.2) is 43.6 Å². The smallest absolute Gasteiger partial charge is 0.323 e. The fraction of sp³-hybridized carbons (Fsp3) is 0.231. The summed E-state index contributed by atoms with van der Waals surface area (Å²) in [6, 6.07) is 3.25. The lowest BCUT2D eigenvalue weighted by Crippen LogP contribution is -2.33. The Morgan fingerprint density at radius 1 is 1.33 bits per heavy atom. The first kappa shape index (κ1) is 13.8. The molecule has 0 saturated heterocycles. The summed E-state index contributed by atoms with van der Waals surface area (Å²) in [7, 11) is 0. The van der Waals surface area contributed by atoms with E-state index >= 15 is 0 Å². The van der Waals surface area contributed by atoms with Gasteiger partial charge in [-0.25, -0.2) is 0 Å².